The molecule has 0 aliphatic carbocycles. The fraction of sp³-hybridized carbons (Fsp3) is 0.412. The van der Waals surface area contributed by atoms with E-state index in [0.29, 0.717) is 23.5 Å². The third-order valence-electron chi connectivity index (χ3n) is 3.23. The number of hydrogen-bond donors (Lipinski definition) is 0. The van der Waals surface area contributed by atoms with Crippen molar-refractivity contribution in [3.63, 3.8) is 0 Å². The zero-order valence-corrected chi connectivity index (χ0v) is 13.7. The third-order valence-corrected chi connectivity index (χ3v) is 3.52. The highest BCUT2D eigenvalue weighted by Crippen LogP contribution is 2.29. The van der Waals surface area contributed by atoms with E-state index in [2.05, 4.69) is 30.7 Å². The predicted octanol–water partition coefficient (Wildman–Crippen LogP) is 5.02. The summed E-state index contributed by atoms with van der Waals surface area (Å²) in [5.41, 5.74) is 2.86. The van der Waals surface area contributed by atoms with E-state index in [9.17, 15) is 0 Å². The van der Waals surface area contributed by atoms with Crippen molar-refractivity contribution in [3.8, 4) is 17.1 Å². The Hall–Kier alpha value is -1.61. The van der Waals surface area contributed by atoms with Crippen molar-refractivity contribution in [1.82, 2.24) is 9.97 Å². The minimum Gasteiger partial charge on any atom is -0.494 e. The van der Waals surface area contributed by atoms with Gasteiger partial charge in [0, 0.05) is 16.8 Å². The number of hydrogen-bond acceptors (Lipinski definition) is 3. The highest BCUT2D eigenvalue weighted by atomic mass is 35.5. The molecule has 2 rings (SSSR count). The molecule has 1 aromatic carbocycles. The third kappa shape index (κ3) is 3.73. The molecular formula is C17H21ClN2O. The lowest BCUT2D eigenvalue weighted by Crippen LogP contribution is -2.02. The van der Waals surface area contributed by atoms with Crippen LogP contribution in [0.2, 0.25) is 5.15 Å². The molecule has 1 aromatic heterocycles. The molecule has 0 spiro atoms. The van der Waals surface area contributed by atoms with Gasteiger partial charge in [0.1, 0.15) is 10.9 Å². The minimum absolute atomic E-state index is 0.311. The first-order chi connectivity index (χ1) is 10.0. The molecule has 4 heteroatoms. The molecule has 0 N–H and O–H groups in total. The van der Waals surface area contributed by atoms with E-state index in [1.807, 2.05) is 31.2 Å². The number of halogens is 1. The van der Waals surface area contributed by atoms with Gasteiger partial charge in [-0.05, 0) is 31.4 Å². The van der Waals surface area contributed by atoms with Crippen molar-refractivity contribution < 1.29 is 4.74 Å². The number of ether oxygens (including phenoxy) is 1. The Labute approximate surface area is 131 Å². The number of rotatable bonds is 5. The van der Waals surface area contributed by atoms with Crippen LogP contribution in [0.1, 0.15) is 44.4 Å². The SMILES string of the molecule is CCCOc1cccc(-c2nc(C)c(C(C)C)c(Cl)n2)c1. The topological polar surface area (TPSA) is 35.0 Å². The van der Waals surface area contributed by atoms with E-state index < -0.39 is 0 Å². The smallest absolute Gasteiger partial charge is 0.161 e. The van der Waals surface area contributed by atoms with Gasteiger partial charge in [-0.3, -0.25) is 0 Å². The Kier molecular flexibility index (Phi) is 5.18. The molecule has 0 unspecified atom stereocenters. The number of benzene rings is 1. The maximum absolute atomic E-state index is 6.32. The van der Waals surface area contributed by atoms with E-state index >= 15 is 0 Å². The van der Waals surface area contributed by atoms with Gasteiger partial charge in [0.25, 0.3) is 0 Å². The number of aromatic nitrogens is 2. The maximum atomic E-state index is 6.32. The predicted molar refractivity (Wildman–Crippen MR) is 87.1 cm³/mol. The van der Waals surface area contributed by atoms with Crippen LogP contribution >= 0.6 is 11.6 Å². The van der Waals surface area contributed by atoms with Gasteiger partial charge < -0.3 is 4.74 Å². The zero-order chi connectivity index (χ0) is 15.4. The van der Waals surface area contributed by atoms with E-state index in [4.69, 9.17) is 16.3 Å². The normalized spacial score (nSPS) is 11.0. The fourth-order valence-electron chi connectivity index (χ4n) is 2.28. The summed E-state index contributed by atoms with van der Waals surface area (Å²) < 4.78 is 5.65. The van der Waals surface area contributed by atoms with Crippen molar-refractivity contribution in [3.05, 3.63) is 40.7 Å². The van der Waals surface area contributed by atoms with E-state index in [1.165, 1.54) is 0 Å². The second-order valence-corrected chi connectivity index (χ2v) is 5.73. The van der Waals surface area contributed by atoms with Crippen LogP contribution < -0.4 is 4.74 Å². The van der Waals surface area contributed by atoms with Crippen LogP contribution in [-0.2, 0) is 0 Å². The molecule has 0 amide bonds. The Morgan fingerprint density at radius 3 is 2.62 bits per heavy atom. The molecule has 0 fully saturated rings. The van der Waals surface area contributed by atoms with Gasteiger partial charge in [-0.2, -0.15) is 0 Å². The maximum Gasteiger partial charge on any atom is 0.161 e. The lowest BCUT2D eigenvalue weighted by atomic mass is 10.0. The van der Waals surface area contributed by atoms with Crippen LogP contribution in [0.5, 0.6) is 5.75 Å². The number of aryl methyl sites for hydroxylation is 1. The summed E-state index contributed by atoms with van der Waals surface area (Å²) in [5.74, 6) is 1.79. The summed E-state index contributed by atoms with van der Waals surface area (Å²) in [6.45, 7) is 8.95. The molecule has 0 aliphatic heterocycles. The van der Waals surface area contributed by atoms with Crippen molar-refractivity contribution in [2.24, 2.45) is 0 Å². The monoisotopic (exact) mass is 304 g/mol. The first-order valence-corrected chi connectivity index (χ1v) is 7.68. The quantitative estimate of drug-likeness (QED) is 0.728. The highest BCUT2D eigenvalue weighted by Gasteiger charge is 2.14. The molecule has 0 atom stereocenters. The van der Waals surface area contributed by atoms with Gasteiger partial charge in [-0.15, -0.1) is 0 Å². The largest absolute Gasteiger partial charge is 0.494 e. The molecule has 3 nitrogen and oxygen atoms in total. The van der Waals surface area contributed by atoms with Crippen molar-refractivity contribution in [2.45, 2.75) is 40.0 Å². The lowest BCUT2D eigenvalue weighted by Gasteiger charge is -2.13. The van der Waals surface area contributed by atoms with Gasteiger partial charge in [0.2, 0.25) is 0 Å². The summed E-state index contributed by atoms with van der Waals surface area (Å²) in [5, 5.41) is 0.535. The second-order valence-electron chi connectivity index (χ2n) is 5.37. The molecule has 0 bridgehead atoms. The summed E-state index contributed by atoms with van der Waals surface area (Å²) in [6, 6.07) is 7.81. The van der Waals surface area contributed by atoms with Gasteiger partial charge >= 0.3 is 0 Å². The Balaban J connectivity index is 2.38. The van der Waals surface area contributed by atoms with Gasteiger partial charge in [-0.1, -0.05) is 44.5 Å². The standard InChI is InChI=1S/C17H21ClN2O/c1-5-9-21-14-8-6-7-13(10-14)17-19-12(4)15(11(2)3)16(18)20-17/h6-8,10-11H,5,9H2,1-4H3. The average molecular weight is 305 g/mol. The van der Waals surface area contributed by atoms with Crippen LogP contribution in [0.4, 0.5) is 0 Å². The summed E-state index contributed by atoms with van der Waals surface area (Å²) in [6.07, 6.45) is 0.981. The second kappa shape index (κ2) is 6.90. The van der Waals surface area contributed by atoms with Gasteiger partial charge in [-0.25, -0.2) is 9.97 Å². The van der Waals surface area contributed by atoms with Crippen molar-refractivity contribution in [1.29, 1.82) is 0 Å². The highest BCUT2D eigenvalue weighted by molar-refractivity contribution is 6.30. The summed E-state index contributed by atoms with van der Waals surface area (Å²) >= 11 is 6.32. The Morgan fingerprint density at radius 2 is 2.00 bits per heavy atom. The van der Waals surface area contributed by atoms with Crippen LogP contribution in [-0.4, -0.2) is 16.6 Å². The van der Waals surface area contributed by atoms with Crippen molar-refractivity contribution in [2.75, 3.05) is 6.61 Å². The Bertz CT molecular complexity index is 603. The van der Waals surface area contributed by atoms with Crippen LogP contribution in [0.3, 0.4) is 0 Å². The molecule has 0 saturated heterocycles. The van der Waals surface area contributed by atoms with Gasteiger partial charge in [0.15, 0.2) is 5.82 Å². The molecule has 2 aromatic rings. The molecule has 112 valence electrons. The molecule has 1 heterocycles. The molecule has 21 heavy (non-hydrogen) atoms. The number of nitrogens with zero attached hydrogens (tertiary/aromatic N) is 2. The molecule has 0 radical (unpaired) electrons. The zero-order valence-electron chi connectivity index (χ0n) is 13.0. The molecular weight excluding hydrogens is 284 g/mol. The lowest BCUT2D eigenvalue weighted by molar-refractivity contribution is 0.317. The minimum atomic E-state index is 0.311. The summed E-state index contributed by atoms with van der Waals surface area (Å²) in [7, 11) is 0. The van der Waals surface area contributed by atoms with Crippen LogP contribution in [0.25, 0.3) is 11.4 Å². The first-order valence-electron chi connectivity index (χ1n) is 7.30. The van der Waals surface area contributed by atoms with E-state index in [1.54, 1.807) is 0 Å². The average Bonchev–Trinajstić information content (AvgIpc) is 2.44. The summed E-state index contributed by atoms with van der Waals surface area (Å²) in [4.78, 5) is 9.04. The van der Waals surface area contributed by atoms with Crippen molar-refractivity contribution >= 4 is 11.6 Å². The molecule has 0 aliphatic rings. The first kappa shape index (κ1) is 15.8. The van der Waals surface area contributed by atoms with Crippen LogP contribution in [0, 0.1) is 6.92 Å². The van der Waals surface area contributed by atoms with Gasteiger partial charge in [0.05, 0.1) is 6.61 Å². The Morgan fingerprint density at radius 1 is 1.24 bits per heavy atom. The van der Waals surface area contributed by atoms with E-state index in [0.717, 1.165) is 29.0 Å². The molecule has 0 saturated carbocycles. The van der Waals surface area contributed by atoms with E-state index in [-0.39, 0.29) is 0 Å². The fourth-order valence-corrected chi connectivity index (χ4v) is 2.71. The van der Waals surface area contributed by atoms with Crippen LogP contribution in [0.15, 0.2) is 24.3 Å².